The van der Waals surface area contributed by atoms with Crippen molar-refractivity contribution in [2.24, 2.45) is 0 Å². The molecule has 0 heterocycles. The van der Waals surface area contributed by atoms with E-state index < -0.39 is 0 Å². The maximum atomic E-state index is 3.13. The molecule has 0 saturated carbocycles. The fraction of sp³-hybridized carbons (Fsp3) is 0.154. The second kappa shape index (κ2) is 4.18. The molecule has 0 aliphatic rings. The molecule has 0 N–H and O–H groups in total. The molecule has 2 aromatic rings. The predicted molar refractivity (Wildman–Crippen MR) is 67.5 cm³/mol. The van der Waals surface area contributed by atoms with E-state index in [1.54, 1.807) is 0 Å². The second-order valence-electron chi connectivity index (χ2n) is 3.73. The first kappa shape index (κ1) is 10.4. The van der Waals surface area contributed by atoms with Crippen LogP contribution in [0.1, 0.15) is 5.56 Å². The first-order valence-electron chi connectivity index (χ1n) is 4.89. The first-order valence-corrected chi connectivity index (χ1v) is 5.75. The van der Waals surface area contributed by atoms with Gasteiger partial charge in [-0.2, -0.15) is 0 Å². The second-order valence-corrected chi connectivity index (χ2v) is 4.54. The summed E-state index contributed by atoms with van der Waals surface area (Å²) in [6, 6.07) is 14.8. The van der Waals surface area contributed by atoms with E-state index in [-0.39, 0.29) is 0 Å². The monoisotopic (exact) mass is 263 g/mol. The number of rotatable bonds is 2. The van der Waals surface area contributed by atoms with Crippen molar-refractivity contribution in [2.75, 3.05) is 14.1 Å². The molecule has 1 nitrogen and oxygen atoms in total. The van der Waals surface area contributed by atoms with E-state index in [0.29, 0.717) is 0 Å². The molecule has 0 aliphatic carbocycles. The van der Waals surface area contributed by atoms with Crippen LogP contribution in [0.3, 0.4) is 0 Å². The van der Waals surface area contributed by atoms with E-state index in [9.17, 15) is 0 Å². The van der Waals surface area contributed by atoms with Crippen LogP contribution in [0, 0.1) is 0 Å². The van der Waals surface area contributed by atoms with Crippen LogP contribution in [0.4, 0.5) is 0 Å². The van der Waals surface area contributed by atoms with Crippen molar-refractivity contribution in [2.45, 2.75) is 0 Å². The molecule has 0 spiro atoms. The van der Waals surface area contributed by atoms with Crippen LogP contribution in [-0.4, -0.2) is 39.1 Å². The summed E-state index contributed by atoms with van der Waals surface area (Å²) in [6.45, 7) is 0. The molecule has 0 bridgehead atoms. The zero-order chi connectivity index (χ0) is 10.8. The van der Waals surface area contributed by atoms with Gasteiger partial charge in [0.15, 0.2) is 0 Å². The summed E-state index contributed by atoms with van der Waals surface area (Å²) in [5.41, 5.74) is 1.26. The van der Waals surface area contributed by atoms with Crippen molar-refractivity contribution in [3.63, 3.8) is 0 Å². The normalized spacial score (nSPS) is 10.3. The van der Waals surface area contributed by atoms with Crippen molar-refractivity contribution in [1.29, 1.82) is 0 Å². The fourth-order valence-electron chi connectivity index (χ4n) is 1.65. The SMILES string of the molecule is CN(C)C(=[Se])c1cccc2ccccc12. The van der Waals surface area contributed by atoms with Gasteiger partial charge in [-0.25, -0.2) is 0 Å². The Balaban J connectivity index is 2.66. The topological polar surface area (TPSA) is 3.24 Å². The van der Waals surface area contributed by atoms with Crippen LogP contribution in [0.25, 0.3) is 10.8 Å². The Bertz CT molecular complexity index is 497. The van der Waals surface area contributed by atoms with Gasteiger partial charge >= 0.3 is 97.9 Å². The quantitative estimate of drug-likeness (QED) is 0.749. The standard InChI is InChI=1S/C13H13NSe/c1-14(2)13(15)12-9-5-7-10-6-3-4-8-11(10)12/h3-9H,1-2H3. The number of hydrogen-bond donors (Lipinski definition) is 0. The third-order valence-corrected chi connectivity index (χ3v) is 3.65. The van der Waals surface area contributed by atoms with Crippen molar-refractivity contribution in [3.05, 3.63) is 48.0 Å². The molecule has 0 amide bonds. The summed E-state index contributed by atoms with van der Waals surface area (Å²) in [6.07, 6.45) is 0. The van der Waals surface area contributed by atoms with Crippen molar-refractivity contribution >= 4 is 30.9 Å². The molecule has 0 saturated heterocycles. The van der Waals surface area contributed by atoms with E-state index in [0.717, 1.165) is 0 Å². The molecule has 2 aromatic carbocycles. The van der Waals surface area contributed by atoms with Gasteiger partial charge in [0.25, 0.3) is 0 Å². The Morgan fingerprint density at radius 2 is 1.67 bits per heavy atom. The number of benzene rings is 2. The van der Waals surface area contributed by atoms with Crippen LogP contribution in [0.5, 0.6) is 0 Å². The van der Waals surface area contributed by atoms with Crippen LogP contribution in [0.2, 0.25) is 0 Å². The van der Waals surface area contributed by atoms with Gasteiger partial charge in [-0.1, -0.05) is 0 Å². The summed E-state index contributed by atoms with van der Waals surface area (Å²) >= 11 is 3.13. The van der Waals surface area contributed by atoms with Gasteiger partial charge in [0.1, 0.15) is 0 Å². The Kier molecular flexibility index (Phi) is 2.90. The van der Waals surface area contributed by atoms with Gasteiger partial charge in [-0.3, -0.25) is 0 Å². The minimum atomic E-state index is 1.17. The average Bonchev–Trinajstić information content (AvgIpc) is 2.27. The molecule has 0 fully saturated rings. The molecular weight excluding hydrogens is 249 g/mol. The van der Waals surface area contributed by atoms with Gasteiger partial charge in [0, 0.05) is 0 Å². The van der Waals surface area contributed by atoms with E-state index in [1.165, 1.54) is 20.9 Å². The molecule has 15 heavy (non-hydrogen) atoms. The molecule has 0 atom stereocenters. The van der Waals surface area contributed by atoms with E-state index in [1.807, 2.05) is 14.1 Å². The first-order chi connectivity index (χ1) is 7.20. The van der Waals surface area contributed by atoms with Gasteiger partial charge in [-0.05, 0) is 0 Å². The van der Waals surface area contributed by atoms with Gasteiger partial charge < -0.3 is 0 Å². The molecule has 0 aliphatic heterocycles. The van der Waals surface area contributed by atoms with Crippen LogP contribution in [0.15, 0.2) is 42.5 Å². The molecule has 0 unspecified atom stereocenters. The minimum absolute atomic E-state index is 1.17. The van der Waals surface area contributed by atoms with Crippen molar-refractivity contribution in [3.8, 4) is 0 Å². The summed E-state index contributed by atoms with van der Waals surface area (Å²) in [5, 5.41) is 2.58. The van der Waals surface area contributed by atoms with Crippen LogP contribution in [-0.2, 0) is 0 Å². The van der Waals surface area contributed by atoms with Crippen molar-refractivity contribution in [1.82, 2.24) is 4.90 Å². The molecule has 2 rings (SSSR count). The number of nitrogens with zero attached hydrogens (tertiary/aromatic N) is 1. The fourth-order valence-corrected chi connectivity index (χ4v) is 2.03. The predicted octanol–water partition coefficient (Wildman–Crippen LogP) is 2.05. The molecule has 2 heteroatoms. The summed E-state index contributed by atoms with van der Waals surface area (Å²) in [7, 11) is 4.10. The average molecular weight is 262 g/mol. The Morgan fingerprint density at radius 3 is 2.40 bits per heavy atom. The number of hydrogen-bond acceptors (Lipinski definition) is 1. The number of fused-ring (bicyclic) bond motifs is 1. The molecule has 0 radical (unpaired) electrons. The van der Waals surface area contributed by atoms with Crippen molar-refractivity contribution < 1.29 is 0 Å². The maximum absolute atomic E-state index is 3.13. The third-order valence-electron chi connectivity index (χ3n) is 2.43. The Morgan fingerprint density at radius 1 is 1.00 bits per heavy atom. The Hall–Kier alpha value is -1.11. The zero-order valence-corrected chi connectivity index (χ0v) is 10.6. The third kappa shape index (κ3) is 1.97. The van der Waals surface area contributed by atoms with E-state index in [2.05, 4.69) is 62.9 Å². The van der Waals surface area contributed by atoms with E-state index >= 15 is 0 Å². The van der Waals surface area contributed by atoms with Crippen LogP contribution < -0.4 is 0 Å². The van der Waals surface area contributed by atoms with Gasteiger partial charge in [0.2, 0.25) is 0 Å². The van der Waals surface area contributed by atoms with Crippen LogP contribution >= 0.6 is 0 Å². The van der Waals surface area contributed by atoms with Gasteiger partial charge in [-0.15, -0.1) is 0 Å². The van der Waals surface area contributed by atoms with Gasteiger partial charge in [0.05, 0.1) is 0 Å². The molecule has 76 valence electrons. The summed E-state index contributed by atoms with van der Waals surface area (Å²) in [4.78, 5) is 2.10. The summed E-state index contributed by atoms with van der Waals surface area (Å²) in [5.74, 6) is 0. The summed E-state index contributed by atoms with van der Waals surface area (Å²) < 4.78 is 1.17. The Labute approximate surface area is 98.1 Å². The molecule has 0 aromatic heterocycles. The molecular formula is C13H13NSe. The van der Waals surface area contributed by atoms with E-state index in [4.69, 9.17) is 0 Å². The zero-order valence-electron chi connectivity index (χ0n) is 8.90.